The van der Waals surface area contributed by atoms with Gasteiger partial charge in [-0.25, -0.2) is 0 Å². The SMILES string of the molecule is Cc1c(CN2CC[C@H](N3CCN(C)CC3)[C@H](CCC(=O)O)C2)[nH]c2ccccc12. The van der Waals surface area contributed by atoms with Crippen molar-refractivity contribution in [2.45, 2.75) is 38.8 Å². The molecule has 0 spiro atoms. The van der Waals surface area contributed by atoms with Gasteiger partial charge in [0, 0.05) is 74.9 Å². The first-order chi connectivity index (χ1) is 14.0. The van der Waals surface area contributed by atoms with E-state index in [-0.39, 0.29) is 6.42 Å². The summed E-state index contributed by atoms with van der Waals surface area (Å²) in [6, 6.07) is 9.01. The van der Waals surface area contributed by atoms with Crippen molar-refractivity contribution in [1.29, 1.82) is 0 Å². The Morgan fingerprint density at radius 3 is 2.66 bits per heavy atom. The highest BCUT2D eigenvalue weighted by Crippen LogP contribution is 2.29. The molecule has 0 unspecified atom stereocenters. The highest BCUT2D eigenvalue weighted by molar-refractivity contribution is 5.84. The number of piperazine rings is 1. The third-order valence-electron chi connectivity index (χ3n) is 6.96. The van der Waals surface area contributed by atoms with Crippen LogP contribution in [0.1, 0.15) is 30.5 Å². The molecular weight excluding hydrogens is 364 g/mol. The van der Waals surface area contributed by atoms with Gasteiger partial charge in [-0.05, 0) is 44.4 Å². The van der Waals surface area contributed by atoms with Crippen LogP contribution in [-0.2, 0) is 11.3 Å². The number of aromatic nitrogens is 1. The predicted octanol–water partition coefficient (Wildman–Crippen LogP) is 2.78. The van der Waals surface area contributed by atoms with Crippen molar-refractivity contribution in [3.05, 3.63) is 35.5 Å². The number of carboxylic acids is 1. The molecule has 0 aliphatic carbocycles. The van der Waals surface area contributed by atoms with Gasteiger partial charge in [0.1, 0.15) is 0 Å². The van der Waals surface area contributed by atoms with E-state index < -0.39 is 5.97 Å². The van der Waals surface area contributed by atoms with E-state index in [4.69, 9.17) is 0 Å². The van der Waals surface area contributed by atoms with E-state index in [1.54, 1.807) is 0 Å². The Morgan fingerprint density at radius 2 is 1.93 bits per heavy atom. The number of likely N-dealkylation sites (N-methyl/N-ethyl adjacent to an activating group) is 1. The number of carboxylic acid groups (broad SMARTS) is 1. The summed E-state index contributed by atoms with van der Waals surface area (Å²) in [6.45, 7) is 9.61. The van der Waals surface area contributed by atoms with Gasteiger partial charge in [-0.3, -0.25) is 14.6 Å². The molecule has 0 radical (unpaired) electrons. The predicted molar refractivity (Wildman–Crippen MR) is 116 cm³/mol. The molecule has 2 fully saturated rings. The molecule has 6 heteroatoms. The molecule has 4 rings (SSSR count). The fourth-order valence-corrected chi connectivity index (χ4v) is 5.19. The van der Waals surface area contributed by atoms with Gasteiger partial charge in [0.05, 0.1) is 0 Å². The van der Waals surface area contributed by atoms with Gasteiger partial charge >= 0.3 is 5.97 Å². The van der Waals surface area contributed by atoms with E-state index >= 15 is 0 Å². The summed E-state index contributed by atoms with van der Waals surface area (Å²) in [5.41, 5.74) is 3.83. The average Bonchev–Trinajstić information content (AvgIpc) is 3.03. The van der Waals surface area contributed by atoms with Gasteiger partial charge < -0.3 is 15.0 Å². The molecule has 6 nitrogen and oxygen atoms in total. The van der Waals surface area contributed by atoms with Crippen molar-refractivity contribution in [1.82, 2.24) is 19.7 Å². The second kappa shape index (κ2) is 8.86. The lowest BCUT2D eigenvalue weighted by atomic mass is 9.86. The molecule has 2 saturated heterocycles. The van der Waals surface area contributed by atoms with Crippen LogP contribution < -0.4 is 0 Å². The van der Waals surface area contributed by atoms with Crippen molar-refractivity contribution in [3.8, 4) is 0 Å². The summed E-state index contributed by atoms with van der Waals surface area (Å²) in [5, 5.41) is 10.6. The van der Waals surface area contributed by atoms with Crippen LogP contribution >= 0.6 is 0 Å². The summed E-state index contributed by atoms with van der Waals surface area (Å²) in [4.78, 5) is 22.4. The molecule has 29 heavy (non-hydrogen) atoms. The third-order valence-corrected chi connectivity index (χ3v) is 6.96. The van der Waals surface area contributed by atoms with Gasteiger partial charge in [0.2, 0.25) is 0 Å². The number of hydrogen-bond acceptors (Lipinski definition) is 4. The van der Waals surface area contributed by atoms with Crippen molar-refractivity contribution in [2.24, 2.45) is 5.92 Å². The minimum absolute atomic E-state index is 0.272. The van der Waals surface area contributed by atoms with Crippen LogP contribution in [0.5, 0.6) is 0 Å². The van der Waals surface area contributed by atoms with Crippen LogP contribution in [0.4, 0.5) is 0 Å². The number of hydrogen-bond donors (Lipinski definition) is 2. The lowest BCUT2D eigenvalue weighted by molar-refractivity contribution is -0.137. The van der Waals surface area contributed by atoms with Crippen LogP contribution in [0.3, 0.4) is 0 Å². The number of nitrogens with one attached hydrogen (secondary N) is 1. The minimum Gasteiger partial charge on any atom is -0.481 e. The smallest absolute Gasteiger partial charge is 0.303 e. The standard InChI is InChI=1S/C23H34N4O2/c1-17-19-5-3-4-6-20(19)24-21(17)16-26-10-9-22(18(15-26)7-8-23(28)29)27-13-11-25(2)12-14-27/h3-6,18,22,24H,7-16H2,1-2H3,(H,28,29)/t18-,22+/m1/s1. The van der Waals surface area contributed by atoms with Gasteiger partial charge in [-0.2, -0.15) is 0 Å². The van der Waals surface area contributed by atoms with Gasteiger partial charge in [0.25, 0.3) is 0 Å². The van der Waals surface area contributed by atoms with Crippen molar-refractivity contribution < 1.29 is 9.90 Å². The number of nitrogens with zero attached hydrogens (tertiary/aromatic N) is 3. The zero-order valence-electron chi connectivity index (χ0n) is 17.7. The van der Waals surface area contributed by atoms with Crippen LogP contribution in [0.15, 0.2) is 24.3 Å². The molecule has 0 saturated carbocycles. The number of aromatic amines is 1. The number of aliphatic carboxylic acids is 1. The van der Waals surface area contributed by atoms with Crippen LogP contribution in [0.2, 0.25) is 0 Å². The van der Waals surface area contributed by atoms with Crippen molar-refractivity contribution in [2.75, 3.05) is 46.3 Å². The van der Waals surface area contributed by atoms with Crippen LogP contribution in [0.25, 0.3) is 10.9 Å². The zero-order valence-corrected chi connectivity index (χ0v) is 17.7. The molecule has 2 atom stereocenters. The Hall–Kier alpha value is -1.89. The summed E-state index contributed by atoms with van der Waals surface area (Å²) < 4.78 is 0. The molecule has 2 aliphatic heterocycles. The maximum absolute atomic E-state index is 11.2. The molecule has 3 heterocycles. The highest BCUT2D eigenvalue weighted by Gasteiger charge is 2.34. The van der Waals surface area contributed by atoms with E-state index in [9.17, 15) is 9.90 Å². The fraction of sp³-hybridized carbons (Fsp3) is 0.609. The van der Waals surface area contributed by atoms with Crippen LogP contribution in [0, 0.1) is 12.8 Å². The summed E-state index contributed by atoms with van der Waals surface area (Å²) in [5.74, 6) is -0.251. The molecule has 2 aliphatic rings. The fourth-order valence-electron chi connectivity index (χ4n) is 5.19. The number of carbonyl (C=O) groups is 1. The average molecular weight is 399 g/mol. The highest BCUT2D eigenvalue weighted by atomic mass is 16.4. The van der Waals surface area contributed by atoms with Crippen LogP contribution in [-0.4, -0.2) is 83.1 Å². The van der Waals surface area contributed by atoms with E-state index in [0.717, 1.165) is 58.7 Å². The normalized spacial score (nSPS) is 24.9. The summed E-state index contributed by atoms with van der Waals surface area (Å²) in [6.07, 6.45) is 2.18. The molecule has 2 N–H and O–H groups in total. The number of benzene rings is 1. The topological polar surface area (TPSA) is 62.8 Å². The Labute approximate surface area is 173 Å². The molecule has 0 amide bonds. The molecule has 1 aromatic carbocycles. The van der Waals surface area contributed by atoms with E-state index in [1.807, 2.05) is 0 Å². The number of likely N-dealkylation sites (tertiary alicyclic amines) is 1. The molecule has 2 aromatic rings. The van der Waals surface area contributed by atoms with Crippen molar-refractivity contribution >= 4 is 16.9 Å². The van der Waals surface area contributed by atoms with E-state index in [1.165, 1.54) is 22.2 Å². The summed E-state index contributed by atoms with van der Waals surface area (Å²) >= 11 is 0. The van der Waals surface area contributed by atoms with E-state index in [2.05, 4.69) is 57.9 Å². The van der Waals surface area contributed by atoms with Gasteiger partial charge in [-0.1, -0.05) is 18.2 Å². The first-order valence-electron chi connectivity index (χ1n) is 10.9. The number of H-pyrrole nitrogens is 1. The van der Waals surface area contributed by atoms with E-state index in [0.29, 0.717) is 12.0 Å². The third kappa shape index (κ3) is 4.65. The maximum atomic E-state index is 11.2. The molecule has 0 bridgehead atoms. The Morgan fingerprint density at radius 1 is 1.17 bits per heavy atom. The largest absolute Gasteiger partial charge is 0.481 e. The Kier molecular flexibility index (Phi) is 6.23. The van der Waals surface area contributed by atoms with Crippen molar-refractivity contribution in [3.63, 3.8) is 0 Å². The number of fused-ring (bicyclic) bond motifs is 1. The van der Waals surface area contributed by atoms with Gasteiger partial charge in [-0.15, -0.1) is 0 Å². The maximum Gasteiger partial charge on any atom is 0.303 e. The second-order valence-electron chi connectivity index (χ2n) is 8.90. The number of rotatable bonds is 6. The number of aryl methyl sites for hydroxylation is 1. The Bertz CT molecular complexity index is 841. The lowest BCUT2D eigenvalue weighted by Gasteiger charge is -2.46. The summed E-state index contributed by atoms with van der Waals surface area (Å²) in [7, 11) is 2.19. The first-order valence-corrected chi connectivity index (χ1v) is 10.9. The first kappa shape index (κ1) is 20.4. The minimum atomic E-state index is -0.675. The monoisotopic (exact) mass is 398 g/mol. The zero-order chi connectivity index (χ0) is 20.4. The lowest BCUT2D eigenvalue weighted by Crippen LogP contribution is -2.56. The second-order valence-corrected chi connectivity index (χ2v) is 8.90. The number of para-hydroxylation sites is 1. The van der Waals surface area contributed by atoms with Gasteiger partial charge in [0.15, 0.2) is 0 Å². The molecule has 1 aromatic heterocycles. The quantitative estimate of drug-likeness (QED) is 0.783. The molecular formula is C23H34N4O2. The molecule has 158 valence electrons. The number of piperidine rings is 1. The Balaban J connectivity index is 1.45.